The zero-order chi connectivity index (χ0) is 30.4. The number of benzene rings is 1. The number of alkyl carbamates (subject to hydrolysis) is 1. The van der Waals surface area contributed by atoms with Crippen LogP contribution in [0.1, 0.15) is 106 Å². The standard InChI is InChI=1S/C20H30NO6.3C4H9.Sn/c1-19(2,3)26-17(22)16(21-18(23)27-20(4,5)6)12-14-8-10-15(11-9-14)25-13-24-7;3*1-3-4-2;/h8-10,16H,12-13H2,1-7H3,(H,21,23);3*1,3-4H2,2H3;/t16-;;;;/m0..../s1. The summed E-state index contributed by atoms with van der Waals surface area (Å²) in [4.78, 5) is 26.0. The average molecular weight is 671 g/mol. The van der Waals surface area contributed by atoms with E-state index in [9.17, 15) is 9.59 Å². The summed E-state index contributed by atoms with van der Waals surface area (Å²) < 4.78 is 27.9. The first-order chi connectivity index (χ1) is 18.7. The fourth-order valence-corrected chi connectivity index (χ4v) is 21.6. The Morgan fingerprint density at radius 3 is 1.82 bits per heavy atom. The Morgan fingerprint density at radius 2 is 1.38 bits per heavy atom. The Balaban J connectivity index is 3.59. The molecule has 1 rings (SSSR count). The number of hydrogen-bond acceptors (Lipinski definition) is 6. The molecule has 0 fully saturated rings. The number of carbonyl (C=O) groups excluding carboxylic acids is 2. The Kier molecular flexibility index (Phi) is 16.0. The van der Waals surface area contributed by atoms with E-state index in [1.54, 1.807) is 27.9 Å². The third kappa shape index (κ3) is 13.5. The summed E-state index contributed by atoms with van der Waals surface area (Å²) in [6.07, 6.45) is 6.85. The second kappa shape index (κ2) is 17.5. The molecule has 1 aromatic rings. The third-order valence-corrected chi connectivity index (χ3v) is 22.4. The van der Waals surface area contributed by atoms with E-state index < -0.39 is 47.7 Å². The summed E-state index contributed by atoms with van der Waals surface area (Å²) in [5, 5.41) is 2.78. The number of methoxy groups -OCH3 is 1. The molecule has 40 heavy (non-hydrogen) atoms. The molecule has 0 radical (unpaired) electrons. The zero-order valence-electron chi connectivity index (χ0n) is 27.0. The Morgan fingerprint density at radius 1 is 0.850 bits per heavy atom. The fourth-order valence-electron chi connectivity index (χ4n) is 4.94. The minimum absolute atomic E-state index is 0.199. The van der Waals surface area contributed by atoms with Gasteiger partial charge in [0.05, 0.1) is 0 Å². The van der Waals surface area contributed by atoms with Crippen LogP contribution in [-0.4, -0.2) is 61.6 Å². The van der Waals surface area contributed by atoms with E-state index in [4.69, 9.17) is 18.9 Å². The van der Waals surface area contributed by atoms with Gasteiger partial charge in [-0.2, -0.15) is 0 Å². The van der Waals surface area contributed by atoms with Crippen LogP contribution in [0.5, 0.6) is 5.75 Å². The molecular formula is C32H57NO6Sn. The van der Waals surface area contributed by atoms with E-state index in [1.165, 1.54) is 55.4 Å². The van der Waals surface area contributed by atoms with Gasteiger partial charge < -0.3 is 0 Å². The van der Waals surface area contributed by atoms with Crippen LogP contribution in [0.3, 0.4) is 0 Å². The van der Waals surface area contributed by atoms with Crippen molar-refractivity contribution in [3.05, 3.63) is 23.8 Å². The van der Waals surface area contributed by atoms with Gasteiger partial charge in [-0.05, 0) is 0 Å². The fraction of sp³-hybridized carbons (Fsp3) is 0.750. The number of rotatable bonds is 17. The monoisotopic (exact) mass is 671 g/mol. The van der Waals surface area contributed by atoms with Crippen molar-refractivity contribution in [2.24, 2.45) is 0 Å². The van der Waals surface area contributed by atoms with Crippen LogP contribution >= 0.6 is 0 Å². The number of esters is 1. The first-order valence-electron chi connectivity index (χ1n) is 15.2. The summed E-state index contributed by atoms with van der Waals surface area (Å²) in [7, 11) is 1.64. The molecular weight excluding hydrogens is 613 g/mol. The van der Waals surface area contributed by atoms with Crippen molar-refractivity contribution >= 4 is 34.0 Å². The van der Waals surface area contributed by atoms with Crippen molar-refractivity contribution in [1.29, 1.82) is 0 Å². The molecule has 0 aliphatic heterocycles. The van der Waals surface area contributed by atoms with Gasteiger partial charge in [0.15, 0.2) is 0 Å². The number of hydrogen-bond donors (Lipinski definition) is 1. The van der Waals surface area contributed by atoms with Crippen LogP contribution < -0.4 is 13.6 Å². The first-order valence-corrected chi connectivity index (χ1v) is 22.7. The quantitative estimate of drug-likeness (QED) is 0.105. The van der Waals surface area contributed by atoms with Crippen molar-refractivity contribution in [2.75, 3.05) is 13.9 Å². The van der Waals surface area contributed by atoms with E-state index in [0.717, 1.165) is 11.3 Å². The average Bonchev–Trinajstić information content (AvgIpc) is 2.85. The molecule has 0 bridgehead atoms. The van der Waals surface area contributed by atoms with Crippen molar-refractivity contribution < 1.29 is 28.5 Å². The predicted octanol–water partition coefficient (Wildman–Crippen LogP) is 7.50. The van der Waals surface area contributed by atoms with Crippen molar-refractivity contribution in [3.8, 4) is 5.75 Å². The number of ether oxygens (including phenoxy) is 4. The Bertz CT molecular complexity index is 884. The van der Waals surface area contributed by atoms with E-state index in [0.29, 0.717) is 6.42 Å². The van der Waals surface area contributed by atoms with Gasteiger partial charge in [-0.15, -0.1) is 0 Å². The molecule has 230 valence electrons. The van der Waals surface area contributed by atoms with Gasteiger partial charge in [-0.1, -0.05) is 0 Å². The molecule has 1 N–H and O–H groups in total. The van der Waals surface area contributed by atoms with Crippen LogP contribution in [-0.2, 0) is 25.4 Å². The molecule has 0 unspecified atom stereocenters. The van der Waals surface area contributed by atoms with Crippen molar-refractivity contribution in [3.63, 3.8) is 0 Å². The summed E-state index contributed by atoms with van der Waals surface area (Å²) >= 11 is -2.93. The number of carbonyl (C=O) groups is 2. The normalized spacial score (nSPS) is 13.1. The van der Waals surface area contributed by atoms with Crippen LogP contribution in [0.25, 0.3) is 0 Å². The summed E-state index contributed by atoms with van der Waals surface area (Å²) in [6.45, 7) is 17.9. The van der Waals surface area contributed by atoms with Gasteiger partial charge in [0.25, 0.3) is 0 Å². The maximum atomic E-state index is 13.3. The first kappa shape index (κ1) is 36.5. The van der Waals surface area contributed by atoms with Gasteiger partial charge >= 0.3 is 249 Å². The molecule has 1 atom stereocenters. The zero-order valence-corrected chi connectivity index (χ0v) is 29.9. The predicted molar refractivity (Wildman–Crippen MR) is 166 cm³/mol. The molecule has 0 saturated carbocycles. The number of unbranched alkanes of at least 4 members (excludes halogenated alkanes) is 3. The number of amides is 1. The summed E-state index contributed by atoms with van der Waals surface area (Å²) in [5.41, 5.74) is -0.376. The Hall–Kier alpha value is -1.48. The van der Waals surface area contributed by atoms with Gasteiger partial charge in [0.1, 0.15) is 0 Å². The van der Waals surface area contributed by atoms with Crippen LogP contribution in [0, 0.1) is 0 Å². The molecule has 1 amide bonds. The molecule has 0 saturated heterocycles. The molecule has 0 aromatic heterocycles. The molecule has 1 aromatic carbocycles. The van der Waals surface area contributed by atoms with Gasteiger partial charge in [-0.3, -0.25) is 0 Å². The second-order valence-electron chi connectivity index (χ2n) is 12.9. The number of nitrogens with one attached hydrogen (secondary N) is 1. The Labute approximate surface area is 248 Å². The van der Waals surface area contributed by atoms with Crippen LogP contribution in [0.15, 0.2) is 18.2 Å². The molecule has 0 aliphatic rings. The molecule has 0 aliphatic carbocycles. The van der Waals surface area contributed by atoms with Gasteiger partial charge in [0, 0.05) is 0 Å². The minimum atomic E-state index is -2.93. The summed E-state index contributed by atoms with van der Waals surface area (Å²) in [5.74, 6) is 0.441. The third-order valence-electron chi connectivity index (χ3n) is 6.80. The van der Waals surface area contributed by atoms with E-state index in [2.05, 4.69) is 32.2 Å². The van der Waals surface area contributed by atoms with Gasteiger partial charge in [0.2, 0.25) is 0 Å². The molecule has 7 nitrogen and oxygen atoms in total. The topological polar surface area (TPSA) is 83.1 Å². The van der Waals surface area contributed by atoms with E-state index in [1.807, 2.05) is 32.9 Å². The second-order valence-corrected chi connectivity index (χ2v) is 26.0. The molecule has 0 spiro atoms. The SMILES string of the molecule is CCC[CH2][Sn]([CH2]CCC)([CH2]CCC)[c]1cc(C[C@H](NC(=O)OC(C)(C)C)C(=O)OC(C)(C)C)ccc1OCOC. The van der Waals surface area contributed by atoms with E-state index >= 15 is 0 Å². The van der Waals surface area contributed by atoms with Gasteiger partial charge in [-0.25, -0.2) is 0 Å². The van der Waals surface area contributed by atoms with Crippen LogP contribution in [0.4, 0.5) is 4.79 Å². The van der Waals surface area contributed by atoms with Crippen LogP contribution in [0.2, 0.25) is 13.3 Å². The maximum absolute atomic E-state index is 13.3. The molecule has 0 heterocycles. The van der Waals surface area contributed by atoms with E-state index in [-0.39, 0.29) is 6.79 Å². The summed E-state index contributed by atoms with van der Waals surface area (Å²) in [6, 6.07) is 5.44. The molecule has 8 heteroatoms. The van der Waals surface area contributed by atoms with Crippen molar-refractivity contribution in [2.45, 2.75) is 138 Å². The van der Waals surface area contributed by atoms with Crippen molar-refractivity contribution in [1.82, 2.24) is 5.32 Å².